The summed E-state index contributed by atoms with van der Waals surface area (Å²) in [5, 5.41) is 14.1. The van der Waals surface area contributed by atoms with Gasteiger partial charge in [0.25, 0.3) is 5.91 Å². The molecule has 2 N–H and O–H groups in total. The van der Waals surface area contributed by atoms with Crippen molar-refractivity contribution in [1.29, 1.82) is 0 Å². The summed E-state index contributed by atoms with van der Waals surface area (Å²) in [6.45, 7) is 1.85. The lowest BCUT2D eigenvalue weighted by Crippen LogP contribution is -2.30. The molecule has 0 fully saturated rings. The van der Waals surface area contributed by atoms with Gasteiger partial charge in [-0.25, -0.2) is 4.79 Å². The molecule has 138 valence electrons. The number of ether oxygens (including phenoxy) is 2. The zero-order valence-corrected chi connectivity index (χ0v) is 14.5. The van der Waals surface area contributed by atoms with Crippen LogP contribution in [0.15, 0.2) is 36.4 Å². The van der Waals surface area contributed by atoms with Crippen molar-refractivity contribution in [3.8, 4) is 5.75 Å². The number of rotatable bonds is 8. The maximum absolute atomic E-state index is 12.1. The molecule has 0 unspecified atom stereocenters. The highest BCUT2D eigenvalue weighted by Crippen LogP contribution is 2.25. The number of hydrogen-bond acceptors (Lipinski definition) is 6. The molecule has 0 aliphatic heterocycles. The van der Waals surface area contributed by atoms with E-state index in [1.807, 2.05) is 24.3 Å². The van der Waals surface area contributed by atoms with E-state index in [0.29, 0.717) is 13.0 Å². The number of amides is 1. The molecule has 0 aliphatic carbocycles. The molecule has 0 radical (unpaired) electrons. The van der Waals surface area contributed by atoms with Gasteiger partial charge in [0.15, 0.2) is 6.61 Å². The van der Waals surface area contributed by atoms with Crippen molar-refractivity contribution in [1.82, 2.24) is 5.32 Å². The van der Waals surface area contributed by atoms with Gasteiger partial charge >= 0.3 is 11.9 Å². The molecule has 2 aromatic rings. The molecular weight excluding hydrogens is 338 g/mol. The molecule has 2 aromatic carbocycles. The molecule has 0 aromatic heterocycles. The zero-order valence-electron chi connectivity index (χ0n) is 14.5. The van der Waals surface area contributed by atoms with Gasteiger partial charge in [-0.05, 0) is 36.2 Å². The summed E-state index contributed by atoms with van der Waals surface area (Å²) in [5.74, 6) is -1.79. The van der Waals surface area contributed by atoms with Gasteiger partial charge in [0.2, 0.25) is 0 Å². The van der Waals surface area contributed by atoms with E-state index in [2.05, 4.69) is 5.32 Å². The number of phenols is 1. The minimum atomic E-state index is -0.782. The lowest BCUT2D eigenvalue weighted by molar-refractivity contribution is -0.143. The smallest absolute Gasteiger partial charge is 0.342 e. The predicted octanol–water partition coefficient (Wildman–Crippen LogP) is 2.16. The molecule has 0 bridgehead atoms. The monoisotopic (exact) mass is 359 g/mol. The van der Waals surface area contributed by atoms with Crippen LogP contribution in [0.1, 0.15) is 30.1 Å². The summed E-state index contributed by atoms with van der Waals surface area (Å²) in [6, 6.07) is 10.3. The van der Waals surface area contributed by atoms with Crippen molar-refractivity contribution in [3.05, 3.63) is 42.0 Å². The summed E-state index contributed by atoms with van der Waals surface area (Å²) in [4.78, 5) is 34.9. The third kappa shape index (κ3) is 5.47. The Bertz CT molecular complexity index is 802. The number of aromatic hydroxyl groups is 1. The van der Waals surface area contributed by atoms with E-state index in [4.69, 9.17) is 9.47 Å². The van der Waals surface area contributed by atoms with Crippen LogP contribution in [-0.2, 0) is 19.1 Å². The third-order valence-electron chi connectivity index (χ3n) is 3.60. The van der Waals surface area contributed by atoms with Gasteiger partial charge in [0, 0.05) is 13.0 Å². The molecule has 7 nitrogen and oxygen atoms in total. The van der Waals surface area contributed by atoms with E-state index in [9.17, 15) is 19.5 Å². The fourth-order valence-corrected chi connectivity index (χ4v) is 2.35. The molecule has 7 heteroatoms. The van der Waals surface area contributed by atoms with E-state index in [-0.39, 0.29) is 30.2 Å². The summed E-state index contributed by atoms with van der Waals surface area (Å²) in [5.41, 5.74) is -0.00110. The van der Waals surface area contributed by atoms with Gasteiger partial charge in [0.05, 0.1) is 6.61 Å². The molecule has 0 atom stereocenters. The molecule has 1 amide bonds. The predicted molar refractivity (Wildman–Crippen MR) is 94.8 cm³/mol. The molecular formula is C19H21NO6. The van der Waals surface area contributed by atoms with Crippen LogP contribution in [0.3, 0.4) is 0 Å². The van der Waals surface area contributed by atoms with E-state index in [1.54, 1.807) is 6.92 Å². The number of esters is 2. The van der Waals surface area contributed by atoms with E-state index in [0.717, 1.165) is 10.8 Å². The van der Waals surface area contributed by atoms with Crippen LogP contribution in [0.4, 0.5) is 0 Å². The first-order chi connectivity index (χ1) is 12.5. The number of carbonyl (C=O) groups is 3. The average molecular weight is 359 g/mol. The first kappa shape index (κ1) is 19.2. The Balaban J connectivity index is 1.80. The first-order valence-electron chi connectivity index (χ1n) is 8.32. The molecule has 0 spiro atoms. The van der Waals surface area contributed by atoms with Crippen LogP contribution in [0.5, 0.6) is 5.75 Å². The molecule has 0 heterocycles. The molecule has 2 rings (SSSR count). The maximum atomic E-state index is 12.1. The average Bonchev–Trinajstić information content (AvgIpc) is 2.63. The maximum Gasteiger partial charge on any atom is 0.342 e. The largest absolute Gasteiger partial charge is 0.507 e. The zero-order chi connectivity index (χ0) is 18.9. The molecule has 0 aliphatic rings. The highest BCUT2D eigenvalue weighted by molar-refractivity contribution is 5.99. The summed E-state index contributed by atoms with van der Waals surface area (Å²) >= 11 is 0. The number of nitrogens with one attached hydrogen (secondary N) is 1. The second-order valence-electron chi connectivity index (χ2n) is 5.55. The van der Waals surface area contributed by atoms with Crippen LogP contribution in [0.2, 0.25) is 0 Å². The number of phenolic OH excluding ortho intramolecular Hbond substituents is 1. The Kier molecular flexibility index (Phi) is 6.96. The van der Waals surface area contributed by atoms with Crippen molar-refractivity contribution in [2.24, 2.45) is 0 Å². The summed E-state index contributed by atoms with van der Waals surface area (Å²) in [6.07, 6.45) is 0.642. The van der Waals surface area contributed by atoms with Gasteiger partial charge in [-0.3, -0.25) is 9.59 Å². The lowest BCUT2D eigenvalue weighted by Gasteiger charge is -2.08. The topological polar surface area (TPSA) is 102 Å². The number of carbonyl (C=O) groups excluding carboxylic acids is 3. The van der Waals surface area contributed by atoms with Crippen molar-refractivity contribution < 1.29 is 29.0 Å². The molecule has 26 heavy (non-hydrogen) atoms. The van der Waals surface area contributed by atoms with Crippen LogP contribution in [0.25, 0.3) is 10.8 Å². The van der Waals surface area contributed by atoms with Crippen LogP contribution < -0.4 is 5.32 Å². The Morgan fingerprint density at radius 3 is 2.46 bits per heavy atom. The minimum absolute atomic E-state index is 0.00110. The van der Waals surface area contributed by atoms with Crippen molar-refractivity contribution in [2.75, 3.05) is 19.8 Å². The quantitative estimate of drug-likeness (QED) is 0.553. The standard InChI is InChI=1S/C19H21NO6/c1-2-25-18(23)8-5-9-20-17(22)12-26-19(24)15-10-13-6-3-4-7-14(13)11-16(15)21/h3-4,6-7,10-11,21H,2,5,8-9,12H2,1H3,(H,20,22). The number of fused-ring (bicyclic) bond motifs is 1. The first-order valence-corrected chi connectivity index (χ1v) is 8.32. The minimum Gasteiger partial charge on any atom is -0.507 e. The van der Waals surface area contributed by atoms with Crippen molar-refractivity contribution in [3.63, 3.8) is 0 Å². The Morgan fingerprint density at radius 2 is 1.77 bits per heavy atom. The molecule has 0 saturated heterocycles. The van der Waals surface area contributed by atoms with E-state index >= 15 is 0 Å². The number of benzene rings is 2. The van der Waals surface area contributed by atoms with Gasteiger partial charge in [-0.2, -0.15) is 0 Å². The highest BCUT2D eigenvalue weighted by Gasteiger charge is 2.15. The Hall–Kier alpha value is -3.09. The summed E-state index contributed by atoms with van der Waals surface area (Å²) < 4.78 is 9.71. The fraction of sp³-hybridized carbons (Fsp3) is 0.316. The van der Waals surface area contributed by atoms with Gasteiger partial charge in [-0.1, -0.05) is 24.3 Å². The highest BCUT2D eigenvalue weighted by atomic mass is 16.5. The summed E-state index contributed by atoms with van der Waals surface area (Å²) in [7, 11) is 0. The van der Waals surface area contributed by atoms with E-state index < -0.39 is 18.5 Å². The second kappa shape index (κ2) is 9.41. The second-order valence-corrected chi connectivity index (χ2v) is 5.55. The SMILES string of the molecule is CCOC(=O)CCCNC(=O)COC(=O)c1cc2ccccc2cc1O. The van der Waals surface area contributed by atoms with Crippen molar-refractivity contribution >= 4 is 28.6 Å². The van der Waals surface area contributed by atoms with Gasteiger partial charge in [-0.15, -0.1) is 0 Å². The van der Waals surface area contributed by atoms with Gasteiger partial charge in [0.1, 0.15) is 11.3 Å². The third-order valence-corrected chi connectivity index (χ3v) is 3.60. The van der Waals surface area contributed by atoms with Crippen molar-refractivity contribution in [2.45, 2.75) is 19.8 Å². The number of hydrogen-bond donors (Lipinski definition) is 2. The van der Waals surface area contributed by atoms with E-state index in [1.165, 1.54) is 12.1 Å². The normalized spacial score (nSPS) is 10.3. The van der Waals surface area contributed by atoms with Gasteiger partial charge < -0.3 is 19.9 Å². The Labute approximate surface area is 150 Å². The Morgan fingerprint density at radius 1 is 1.08 bits per heavy atom. The van der Waals surface area contributed by atoms with Crippen LogP contribution in [-0.4, -0.2) is 42.7 Å². The molecule has 0 saturated carbocycles. The lowest BCUT2D eigenvalue weighted by atomic mass is 10.1. The van der Waals surface area contributed by atoms with Crippen LogP contribution >= 0.6 is 0 Å². The van der Waals surface area contributed by atoms with Crippen LogP contribution in [0, 0.1) is 0 Å². The fourth-order valence-electron chi connectivity index (χ4n) is 2.35.